The number of rotatable bonds is 5. The fourth-order valence-electron chi connectivity index (χ4n) is 3.42. The normalized spacial score (nSPS) is 18.5. The topological polar surface area (TPSA) is 83.3 Å². The number of carbonyl (C=O) groups excluding carboxylic acids is 1. The summed E-state index contributed by atoms with van der Waals surface area (Å²) in [5.74, 6) is -0.871. The van der Waals surface area contributed by atoms with Crippen molar-refractivity contribution in [2.24, 2.45) is 0 Å². The summed E-state index contributed by atoms with van der Waals surface area (Å²) < 4.78 is 42.1. The van der Waals surface area contributed by atoms with Crippen molar-refractivity contribution in [3.8, 4) is 17.1 Å². The molecule has 1 atom stereocenters. The van der Waals surface area contributed by atoms with Crippen molar-refractivity contribution in [1.29, 1.82) is 0 Å². The van der Waals surface area contributed by atoms with Gasteiger partial charge in [0.05, 0.1) is 5.75 Å². The Morgan fingerprint density at radius 3 is 2.48 bits per heavy atom. The number of thioether (sulfide) groups is 1. The summed E-state index contributed by atoms with van der Waals surface area (Å²) in [5.41, 5.74) is 1.33. The Balaban J connectivity index is 1.64. The lowest BCUT2D eigenvalue weighted by atomic mass is 10.1. The van der Waals surface area contributed by atoms with Crippen molar-refractivity contribution in [2.45, 2.75) is 30.4 Å². The molecule has 33 heavy (non-hydrogen) atoms. The highest BCUT2D eigenvalue weighted by molar-refractivity contribution is 7.99. The first-order valence-electron chi connectivity index (χ1n) is 9.87. The number of hydrogen-bond donors (Lipinski definition) is 2. The number of halogens is 3. The SMILES string of the molecule is C=C1C[C@@](O)(C(F)(F)F)N(C(=O)CSc2nnc(-c3ccccc3)n2-c2ccc(C)cc2)N1. The van der Waals surface area contributed by atoms with Crippen molar-refractivity contribution in [3.05, 3.63) is 72.4 Å². The van der Waals surface area contributed by atoms with Crippen molar-refractivity contribution in [2.75, 3.05) is 5.75 Å². The third kappa shape index (κ3) is 4.33. The molecule has 7 nitrogen and oxygen atoms in total. The summed E-state index contributed by atoms with van der Waals surface area (Å²) in [6.07, 6.45) is -5.90. The van der Waals surface area contributed by atoms with Crippen molar-refractivity contribution >= 4 is 17.7 Å². The fourth-order valence-corrected chi connectivity index (χ4v) is 4.22. The largest absolute Gasteiger partial charge is 0.438 e. The van der Waals surface area contributed by atoms with Crippen LogP contribution < -0.4 is 5.43 Å². The lowest BCUT2D eigenvalue weighted by Crippen LogP contribution is -2.60. The van der Waals surface area contributed by atoms with E-state index in [1.54, 1.807) is 4.57 Å². The zero-order valence-corrected chi connectivity index (χ0v) is 18.3. The second-order valence-electron chi connectivity index (χ2n) is 7.57. The number of alkyl halides is 3. The van der Waals surface area contributed by atoms with E-state index in [4.69, 9.17) is 0 Å². The van der Waals surface area contributed by atoms with Gasteiger partial charge in [-0.3, -0.25) is 14.8 Å². The molecule has 1 aliphatic heterocycles. The molecule has 2 aromatic carbocycles. The first-order valence-corrected chi connectivity index (χ1v) is 10.9. The van der Waals surface area contributed by atoms with E-state index in [0.29, 0.717) is 11.0 Å². The molecule has 4 rings (SSSR count). The van der Waals surface area contributed by atoms with Crippen molar-refractivity contribution in [3.63, 3.8) is 0 Å². The molecule has 0 unspecified atom stereocenters. The van der Waals surface area contributed by atoms with Crippen LogP contribution in [0, 0.1) is 6.92 Å². The summed E-state index contributed by atoms with van der Waals surface area (Å²) in [4.78, 5) is 12.7. The first kappa shape index (κ1) is 22.9. The number of hydrazine groups is 1. The molecule has 0 radical (unpaired) electrons. The van der Waals surface area contributed by atoms with Gasteiger partial charge >= 0.3 is 6.18 Å². The first-order chi connectivity index (χ1) is 15.6. The average molecular weight is 475 g/mol. The smallest absolute Gasteiger partial charge is 0.362 e. The Morgan fingerprint density at radius 2 is 1.85 bits per heavy atom. The standard InChI is InChI=1S/C22H20F3N5O2S/c1-14-8-10-17(11-9-14)29-19(16-6-4-3-5-7-16)26-27-20(29)33-13-18(31)30-21(32,22(23,24)25)12-15(2)28-30/h3-11,28,32H,2,12-13H2,1H3/t21-/m1/s1. The number of aryl methyl sites for hydroxylation is 1. The van der Waals surface area contributed by atoms with E-state index in [0.717, 1.165) is 28.6 Å². The van der Waals surface area contributed by atoms with Crippen LogP contribution >= 0.6 is 11.8 Å². The van der Waals surface area contributed by atoms with Crippen LogP contribution in [0.3, 0.4) is 0 Å². The third-order valence-electron chi connectivity index (χ3n) is 5.09. The molecule has 2 N–H and O–H groups in total. The van der Waals surface area contributed by atoms with Crippen LogP contribution in [0.5, 0.6) is 0 Å². The summed E-state index contributed by atoms with van der Waals surface area (Å²) in [6.45, 7) is 5.36. The maximum absolute atomic E-state index is 13.4. The number of aromatic nitrogens is 3. The lowest BCUT2D eigenvalue weighted by Gasteiger charge is -2.33. The maximum atomic E-state index is 13.4. The molecule has 1 fully saturated rings. The van der Waals surface area contributed by atoms with Crippen LogP contribution in [-0.4, -0.2) is 48.4 Å². The second-order valence-corrected chi connectivity index (χ2v) is 8.51. The zero-order valence-electron chi connectivity index (χ0n) is 17.5. The quantitative estimate of drug-likeness (QED) is 0.546. The van der Waals surface area contributed by atoms with Crippen LogP contribution in [-0.2, 0) is 4.79 Å². The molecule has 3 aromatic rings. The Hall–Kier alpha value is -3.31. The van der Waals surface area contributed by atoms with E-state index < -0.39 is 30.0 Å². The van der Waals surface area contributed by atoms with Crippen LogP contribution in [0.1, 0.15) is 12.0 Å². The van der Waals surface area contributed by atoms with Crippen molar-refractivity contribution in [1.82, 2.24) is 25.2 Å². The minimum atomic E-state index is -5.05. The minimum Gasteiger partial charge on any atom is -0.362 e. The highest BCUT2D eigenvalue weighted by Gasteiger charge is 2.63. The van der Waals surface area contributed by atoms with Crippen molar-refractivity contribution < 1.29 is 23.1 Å². The van der Waals surface area contributed by atoms with Gasteiger partial charge in [0.1, 0.15) is 0 Å². The Morgan fingerprint density at radius 1 is 1.18 bits per heavy atom. The molecule has 1 aliphatic rings. The minimum absolute atomic E-state index is 0.109. The molecular formula is C22H20F3N5O2S. The van der Waals surface area contributed by atoms with E-state index in [9.17, 15) is 23.1 Å². The Bertz CT molecular complexity index is 1180. The Kier molecular flexibility index (Phi) is 5.93. The number of nitrogens with zero attached hydrogens (tertiary/aromatic N) is 4. The fraction of sp³-hybridized carbons (Fsp3) is 0.227. The predicted octanol–water partition coefficient (Wildman–Crippen LogP) is 3.84. The van der Waals surface area contributed by atoms with Crippen LogP contribution in [0.25, 0.3) is 17.1 Å². The summed E-state index contributed by atoms with van der Waals surface area (Å²) in [5, 5.41) is 19.1. The summed E-state index contributed by atoms with van der Waals surface area (Å²) in [6, 6.07) is 16.8. The summed E-state index contributed by atoms with van der Waals surface area (Å²) in [7, 11) is 0. The zero-order chi connectivity index (χ0) is 23.8. The number of aliphatic hydroxyl groups is 1. The van der Waals surface area contributed by atoms with E-state index in [1.807, 2.05) is 61.5 Å². The second kappa shape index (κ2) is 8.56. The molecule has 0 saturated carbocycles. The van der Waals surface area contributed by atoms with Gasteiger partial charge in [-0.05, 0) is 19.1 Å². The van der Waals surface area contributed by atoms with Crippen LogP contribution in [0.2, 0.25) is 0 Å². The number of benzene rings is 2. The molecule has 0 bridgehead atoms. The molecule has 0 spiro atoms. The van der Waals surface area contributed by atoms with Gasteiger partial charge in [0.15, 0.2) is 11.0 Å². The van der Waals surface area contributed by atoms with Gasteiger partial charge in [0.25, 0.3) is 11.6 Å². The van der Waals surface area contributed by atoms with E-state index in [-0.39, 0.29) is 10.7 Å². The molecule has 172 valence electrons. The monoisotopic (exact) mass is 475 g/mol. The van der Waals surface area contributed by atoms with Crippen LogP contribution in [0.15, 0.2) is 72.0 Å². The number of carbonyl (C=O) groups is 1. The Labute approximate surface area is 191 Å². The van der Waals surface area contributed by atoms with Gasteiger partial charge in [0.2, 0.25) is 0 Å². The highest BCUT2D eigenvalue weighted by atomic mass is 32.2. The van der Waals surface area contributed by atoms with Gasteiger partial charge in [-0.1, -0.05) is 66.4 Å². The molecule has 1 aromatic heterocycles. The molecular weight excluding hydrogens is 455 g/mol. The molecule has 11 heteroatoms. The molecule has 1 amide bonds. The van der Waals surface area contributed by atoms with E-state index >= 15 is 0 Å². The van der Waals surface area contributed by atoms with Gasteiger partial charge < -0.3 is 5.11 Å². The van der Waals surface area contributed by atoms with E-state index in [1.165, 1.54) is 0 Å². The molecule has 0 aliphatic carbocycles. The van der Waals surface area contributed by atoms with Gasteiger partial charge in [0, 0.05) is 23.4 Å². The van der Waals surface area contributed by atoms with Gasteiger partial charge in [-0.2, -0.15) is 13.2 Å². The van der Waals surface area contributed by atoms with Gasteiger partial charge in [-0.25, -0.2) is 5.01 Å². The van der Waals surface area contributed by atoms with E-state index in [2.05, 4.69) is 22.2 Å². The summed E-state index contributed by atoms with van der Waals surface area (Å²) >= 11 is 0.919. The third-order valence-corrected chi connectivity index (χ3v) is 6.00. The van der Waals surface area contributed by atoms with Crippen LogP contribution in [0.4, 0.5) is 13.2 Å². The molecule has 1 saturated heterocycles. The average Bonchev–Trinajstić information content (AvgIpc) is 3.34. The maximum Gasteiger partial charge on any atom is 0.438 e. The number of amides is 1. The lowest BCUT2D eigenvalue weighted by molar-refractivity contribution is -0.304. The molecule has 2 heterocycles. The highest BCUT2D eigenvalue weighted by Crippen LogP contribution is 2.41. The number of nitrogens with one attached hydrogen (secondary N) is 1. The number of hydrogen-bond acceptors (Lipinski definition) is 6. The predicted molar refractivity (Wildman–Crippen MR) is 117 cm³/mol. The van der Waals surface area contributed by atoms with Gasteiger partial charge in [-0.15, -0.1) is 10.2 Å².